The molecule has 0 saturated carbocycles. The minimum atomic E-state index is 0.587. The number of fused-ring (bicyclic) bond motifs is 3. The SMILES string of the molecule is COc1cccc2c1CC1CCCNC21. The first-order chi connectivity index (χ1) is 7.40. The Morgan fingerprint density at radius 3 is 3.20 bits per heavy atom. The minimum Gasteiger partial charge on any atom is -0.496 e. The number of nitrogens with one attached hydrogen (secondary N) is 1. The number of hydrogen-bond acceptors (Lipinski definition) is 2. The lowest BCUT2D eigenvalue weighted by atomic mass is 9.92. The zero-order valence-electron chi connectivity index (χ0n) is 9.12. The largest absolute Gasteiger partial charge is 0.496 e. The highest BCUT2D eigenvalue weighted by molar-refractivity contribution is 5.46. The van der Waals surface area contributed by atoms with Crippen molar-refractivity contribution in [2.75, 3.05) is 13.7 Å². The quantitative estimate of drug-likeness (QED) is 0.756. The smallest absolute Gasteiger partial charge is 0.122 e. The summed E-state index contributed by atoms with van der Waals surface area (Å²) in [6.45, 7) is 1.16. The summed E-state index contributed by atoms with van der Waals surface area (Å²) in [5.74, 6) is 1.87. The van der Waals surface area contributed by atoms with E-state index in [1.165, 1.54) is 30.4 Å². The molecule has 0 bridgehead atoms. The second kappa shape index (κ2) is 3.53. The Morgan fingerprint density at radius 1 is 1.40 bits per heavy atom. The van der Waals surface area contributed by atoms with E-state index >= 15 is 0 Å². The fourth-order valence-electron chi connectivity index (χ4n) is 3.08. The first kappa shape index (κ1) is 9.22. The van der Waals surface area contributed by atoms with Crippen molar-refractivity contribution in [2.24, 2.45) is 5.92 Å². The summed E-state index contributed by atoms with van der Waals surface area (Å²) >= 11 is 0. The average Bonchev–Trinajstić information content (AvgIpc) is 2.67. The van der Waals surface area contributed by atoms with E-state index in [1.54, 1.807) is 7.11 Å². The van der Waals surface area contributed by atoms with Gasteiger partial charge in [0.05, 0.1) is 7.11 Å². The van der Waals surface area contributed by atoms with Crippen LogP contribution < -0.4 is 10.1 Å². The van der Waals surface area contributed by atoms with Gasteiger partial charge in [0.25, 0.3) is 0 Å². The van der Waals surface area contributed by atoms with Crippen LogP contribution in [0, 0.1) is 5.92 Å². The summed E-state index contributed by atoms with van der Waals surface area (Å²) in [4.78, 5) is 0. The second-order valence-electron chi connectivity index (χ2n) is 4.57. The van der Waals surface area contributed by atoms with Crippen LogP contribution in [0.25, 0.3) is 0 Å². The maximum atomic E-state index is 5.44. The molecule has 80 valence electrons. The Hall–Kier alpha value is -1.02. The molecule has 1 aromatic carbocycles. The molecule has 0 radical (unpaired) electrons. The van der Waals surface area contributed by atoms with Gasteiger partial charge < -0.3 is 10.1 Å². The zero-order valence-corrected chi connectivity index (χ0v) is 9.12. The Labute approximate surface area is 90.6 Å². The van der Waals surface area contributed by atoms with Crippen molar-refractivity contribution in [3.63, 3.8) is 0 Å². The topological polar surface area (TPSA) is 21.3 Å². The van der Waals surface area contributed by atoms with Gasteiger partial charge in [-0.3, -0.25) is 0 Å². The van der Waals surface area contributed by atoms with Crippen LogP contribution in [0.4, 0.5) is 0 Å². The molecule has 1 aromatic rings. The minimum absolute atomic E-state index is 0.587. The normalized spacial score (nSPS) is 28.3. The Morgan fingerprint density at radius 2 is 2.33 bits per heavy atom. The van der Waals surface area contributed by atoms with Crippen molar-refractivity contribution >= 4 is 0 Å². The molecule has 15 heavy (non-hydrogen) atoms. The lowest BCUT2D eigenvalue weighted by Crippen LogP contribution is -2.31. The van der Waals surface area contributed by atoms with Crippen LogP contribution >= 0.6 is 0 Å². The van der Waals surface area contributed by atoms with E-state index in [0.717, 1.165) is 18.2 Å². The first-order valence-corrected chi connectivity index (χ1v) is 5.79. The van der Waals surface area contributed by atoms with Gasteiger partial charge in [-0.2, -0.15) is 0 Å². The maximum absolute atomic E-state index is 5.44. The highest BCUT2D eigenvalue weighted by atomic mass is 16.5. The molecule has 2 heteroatoms. The second-order valence-corrected chi connectivity index (χ2v) is 4.57. The van der Waals surface area contributed by atoms with Gasteiger partial charge in [0, 0.05) is 6.04 Å². The number of ether oxygens (including phenoxy) is 1. The summed E-state index contributed by atoms with van der Waals surface area (Å²) in [7, 11) is 1.77. The highest BCUT2D eigenvalue weighted by Crippen LogP contribution is 2.43. The van der Waals surface area contributed by atoms with Crippen LogP contribution in [0.1, 0.15) is 30.0 Å². The predicted molar refractivity (Wildman–Crippen MR) is 60.2 cm³/mol. The molecule has 1 saturated heterocycles. The standard InChI is InChI=1S/C13H17NO/c1-15-12-6-2-5-10-11(12)8-9-4-3-7-14-13(9)10/h2,5-6,9,13-14H,3-4,7-8H2,1H3. The molecule has 0 amide bonds. The van der Waals surface area contributed by atoms with Crippen LogP contribution in [0.2, 0.25) is 0 Å². The van der Waals surface area contributed by atoms with Crippen LogP contribution in [0.15, 0.2) is 18.2 Å². The molecule has 2 aliphatic rings. The van der Waals surface area contributed by atoms with E-state index in [1.807, 2.05) is 0 Å². The fourth-order valence-corrected chi connectivity index (χ4v) is 3.08. The van der Waals surface area contributed by atoms with Crippen LogP contribution in [0.3, 0.4) is 0 Å². The number of benzene rings is 1. The van der Waals surface area contributed by atoms with Crippen molar-refractivity contribution < 1.29 is 4.74 Å². The Bertz CT molecular complexity index is 375. The van der Waals surface area contributed by atoms with Crippen LogP contribution in [0.5, 0.6) is 5.75 Å². The lowest BCUT2D eigenvalue weighted by Gasteiger charge is -2.27. The van der Waals surface area contributed by atoms with E-state index in [4.69, 9.17) is 4.74 Å². The molecular formula is C13H17NO. The monoisotopic (exact) mass is 203 g/mol. The van der Waals surface area contributed by atoms with Gasteiger partial charge >= 0.3 is 0 Å². The van der Waals surface area contributed by atoms with Crippen molar-refractivity contribution in [1.29, 1.82) is 0 Å². The maximum Gasteiger partial charge on any atom is 0.122 e. The molecule has 0 spiro atoms. The Kier molecular flexibility index (Phi) is 2.17. The van der Waals surface area contributed by atoms with Gasteiger partial charge in [-0.1, -0.05) is 12.1 Å². The zero-order chi connectivity index (χ0) is 10.3. The summed E-state index contributed by atoms with van der Waals surface area (Å²) in [6.07, 6.45) is 3.87. The molecule has 1 aliphatic carbocycles. The van der Waals surface area contributed by atoms with Gasteiger partial charge in [-0.05, 0) is 48.9 Å². The molecule has 2 nitrogen and oxygen atoms in total. The Balaban J connectivity index is 2.03. The molecule has 3 rings (SSSR count). The van der Waals surface area contributed by atoms with Crippen LogP contribution in [-0.4, -0.2) is 13.7 Å². The third kappa shape index (κ3) is 1.36. The van der Waals surface area contributed by atoms with Gasteiger partial charge in [-0.25, -0.2) is 0 Å². The van der Waals surface area contributed by atoms with E-state index in [2.05, 4.69) is 23.5 Å². The van der Waals surface area contributed by atoms with E-state index in [-0.39, 0.29) is 0 Å². The van der Waals surface area contributed by atoms with Crippen molar-refractivity contribution in [3.8, 4) is 5.75 Å². The fraction of sp³-hybridized carbons (Fsp3) is 0.538. The predicted octanol–water partition coefficient (Wildman–Crippen LogP) is 2.29. The van der Waals surface area contributed by atoms with Crippen molar-refractivity contribution in [3.05, 3.63) is 29.3 Å². The van der Waals surface area contributed by atoms with Gasteiger partial charge in [-0.15, -0.1) is 0 Å². The van der Waals surface area contributed by atoms with E-state index in [9.17, 15) is 0 Å². The molecular weight excluding hydrogens is 186 g/mol. The van der Waals surface area contributed by atoms with E-state index in [0.29, 0.717) is 6.04 Å². The number of piperidine rings is 1. The van der Waals surface area contributed by atoms with Gasteiger partial charge in [0.15, 0.2) is 0 Å². The molecule has 1 aliphatic heterocycles. The lowest BCUT2D eigenvalue weighted by molar-refractivity contribution is 0.306. The summed E-state index contributed by atoms with van der Waals surface area (Å²) in [5, 5.41) is 3.63. The van der Waals surface area contributed by atoms with Gasteiger partial charge in [0.1, 0.15) is 5.75 Å². The third-order valence-electron chi connectivity index (χ3n) is 3.78. The highest BCUT2D eigenvalue weighted by Gasteiger charge is 2.35. The van der Waals surface area contributed by atoms with Crippen LogP contribution in [-0.2, 0) is 6.42 Å². The molecule has 1 heterocycles. The summed E-state index contributed by atoms with van der Waals surface area (Å²) in [5.41, 5.74) is 2.91. The third-order valence-corrected chi connectivity index (χ3v) is 3.78. The number of hydrogen-bond donors (Lipinski definition) is 1. The van der Waals surface area contributed by atoms with E-state index < -0.39 is 0 Å². The molecule has 2 atom stereocenters. The molecule has 1 N–H and O–H groups in total. The van der Waals surface area contributed by atoms with Crippen molar-refractivity contribution in [2.45, 2.75) is 25.3 Å². The number of rotatable bonds is 1. The summed E-state index contributed by atoms with van der Waals surface area (Å²) in [6, 6.07) is 7.02. The molecule has 2 unspecified atom stereocenters. The molecule has 1 fully saturated rings. The van der Waals surface area contributed by atoms with Gasteiger partial charge in [0.2, 0.25) is 0 Å². The number of methoxy groups -OCH3 is 1. The average molecular weight is 203 g/mol. The first-order valence-electron chi connectivity index (χ1n) is 5.79. The van der Waals surface area contributed by atoms with Crippen molar-refractivity contribution in [1.82, 2.24) is 5.32 Å². The molecule has 0 aromatic heterocycles. The summed E-state index contributed by atoms with van der Waals surface area (Å²) < 4.78 is 5.44.